The van der Waals surface area contributed by atoms with Crippen molar-refractivity contribution in [3.8, 4) is 16.9 Å². The van der Waals surface area contributed by atoms with Gasteiger partial charge in [0.25, 0.3) is 0 Å². The molecule has 0 unspecified atom stereocenters. The van der Waals surface area contributed by atoms with Crippen molar-refractivity contribution < 1.29 is 4.74 Å². The van der Waals surface area contributed by atoms with Gasteiger partial charge in [0, 0.05) is 8.80 Å². The molecular weight excluding hydrogens is 416 g/mol. The predicted molar refractivity (Wildman–Crippen MR) is 146 cm³/mol. The van der Waals surface area contributed by atoms with Gasteiger partial charge in [0.1, 0.15) is 5.75 Å². The van der Waals surface area contributed by atoms with Gasteiger partial charge in [-0.3, -0.25) is 0 Å². The second-order valence-corrected chi connectivity index (χ2v) is 14.3. The Morgan fingerprint density at radius 3 is 1.91 bits per heavy atom. The van der Waals surface area contributed by atoms with Gasteiger partial charge in [0.05, 0.1) is 6.61 Å². The van der Waals surface area contributed by atoms with Crippen LogP contribution in [0.25, 0.3) is 11.1 Å². The Labute approximate surface area is 205 Å². The zero-order valence-corrected chi connectivity index (χ0v) is 22.4. The molecule has 1 nitrogen and oxygen atoms in total. The molecule has 2 heteroatoms. The number of hydrogen-bond acceptors (Lipinski definition) is 1. The summed E-state index contributed by atoms with van der Waals surface area (Å²) in [7, 11) is -0.330. The first-order valence-corrected chi connectivity index (χ1v) is 16.5. The van der Waals surface area contributed by atoms with Gasteiger partial charge in [-0.05, 0) is 78.7 Å². The summed E-state index contributed by atoms with van der Waals surface area (Å²) in [5.41, 5.74) is 4.17. The SMILES string of the molecule is CCCCCOc1ccc(-c2ccc(C3CCC(C4CC[SiH](CCC)CC4)CC3)cc2)cc1. The number of ether oxygens (including phenoxy) is 1. The Balaban J connectivity index is 1.24. The lowest BCUT2D eigenvalue weighted by atomic mass is 9.72. The molecule has 1 saturated carbocycles. The van der Waals surface area contributed by atoms with Crippen LogP contribution >= 0.6 is 0 Å². The lowest BCUT2D eigenvalue weighted by Gasteiger charge is -2.37. The molecule has 1 heterocycles. The van der Waals surface area contributed by atoms with Gasteiger partial charge in [-0.25, -0.2) is 0 Å². The van der Waals surface area contributed by atoms with Gasteiger partial charge < -0.3 is 4.74 Å². The van der Waals surface area contributed by atoms with E-state index < -0.39 is 0 Å². The Kier molecular flexibility index (Phi) is 9.53. The highest BCUT2D eigenvalue weighted by atomic mass is 28.3. The van der Waals surface area contributed by atoms with Crippen LogP contribution in [0.1, 0.15) is 89.5 Å². The lowest BCUT2D eigenvalue weighted by Crippen LogP contribution is -2.28. The fourth-order valence-corrected chi connectivity index (χ4v) is 10.00. The standard InChI is InChI=1S/C31H46OSi/c1-3-5-6-21-32-31-17-15-29(16-18-31)27-9-7-25(8-10-27)26-11-13-28(14-12-26)30-19-23-33(22-4-2)24-20-30/h7-10,15-18,26,28,30,33H,3-6,11-14,19-24H2,1-2H3. The predicted octanol–water partition coefficient (Wildman–Crippen LogP) is 9.24. The normalized spacial score (nSPS) is 25.6. The fourth-order valence-electron chi connectivity index (χ4n) is 6.51. The van der Waals surface area contributed by atoms with Crippen LogP contribution in [0, 0.1) is 11.8 Å². The number of hydrogen-bond donors (Lipinski definition) is 0. The highest BCUT2D eigenvalue weighted by Crippen LogP contribution is 2.43. The number of rotatable bonds is 10. The molecule has 0 aromatic heterocycles. The van der Waals surface area contributed by atoms with E-state index in [1.54, 1.807) is 36.5 Å². The van der Waals surface area contributed by atoms with Gasteiger partial charge >= 0.3 is 0 Å². The minimum absolute atomic E-state index is 0.330. The molecule has 0 bridgehead atoms. The highest BCUT2D eigenvalue weighted by Gasteiger charge is 2.31. The molecule has 2 aromatic rings. The van der Waals surface area contributed by atoms with Crippen molar-refractivity contribution in [3.05, 3.63) is 54.1 Å². The van der Waals surface area contributed by atoms with E-state index in [9.17, 15) is 0 Å². The van der Waals surface area contributed by atoms with Crippen molar-refractivity contribution in [2.75, 3.05) is 6.61 Å². The highest BCUT2D eigenvalue weighted by molar-refractivity contribution is 6.58. The van der Waals surface area contributed by atoms with Gasteiger partial charge in [-0.1, -0.05) is 100 Å². The number of unbranched alkanes of at least 4 members (excludes halogenated alkanes) is 2. The van der Waals surface area contributed by atoms with Crippen molar-refractivity contribution in [2.24, 2.45) is 11.8 Å². The van der Waals surface area contributed by atoms with E-state index in [1.807, 2.05) is 0 Å². The molecular formula is C31H46OSi. The molecule has 2 aromatic carbocycles. The van der Waals surface area contributed by atoms with E-state index in [-0.39, 0.29) is 8.80 Å². The molecule has 0 radical (unpaired) electrons. The van der Waals surface area contributed by atoms with E-state index in [1.165, 1.54) is 56.1 Å². The van der Waals surface area contributed by atoms with Gasteiger partial charge in [-0.2, -0.15) is 0 Å². The zero-order chi connectivity index (χ0) is 22.9. The Morgan fingerprint density at radius 1 is 0.697 bits per heavy atom. The van der Waals surface area contributed by atoms with E-state index in [2.05, 4.69) is 62.4 Å². The zero-order valence-electron chi connectivity index (χ0n) is 21.2. The third-order valence-electron chi connectivity index (χ3n) is 8.61. The summed E-state index contributed by atoms with van der Waals surface area (Å²) in [5, 5.41) is 0. The molecule has 0 amide bonds. The molecule has 180 valence electrons. The molecule has 0 N–H and O–H groups in total. The Hall–Kier alpha value is -1.54. The summed E-state index contributed by atoms with van der Waals surface area (Å²) >= 11 is 0. The van der Waals surface area contributed by atoms with Crippen LogP contribution in [0.3, 0.4) is 0 Å². The Bertz CT molecular complexity index is 796. The second-order valence-electron chi connectivity index (χ2n) is 10.9. The lowest BCUT2D eigenvalue weighted by molar-refractivity contribution is 0.216. The smallest absolute Gasteiger partial charge is 0.119 e. The van der Waals surface area contributed by atoms with Crippen molar-refractivity contribution in [2.45, 2.75) is 102 Å². The first-order chi connectivity index (χ1) is 16.3. The van der Waals surface area contributed by atoms with Crippen LogP contribution in [-0.2, 0) is 0 Å². The van der Waals surface area contributed by atoms with Crippen molar-refractivity contribution >= 4 is 8.80 Å². The maximum absolute atomic E-state index is 5.87. The van der Waals surface area contributed by atoms with Crippen LogP contribution in [0.4, 0.5) is 0 Å². The molecule has 1 saturated heterocycles. The summed E-state index contributed by atoms with van der Waals surface area (Å²) in [4.78, 5) is 0. The van der Waals surface area contributed by atoms with E-state index in [0.29, 0.717) is 0 Å². The fraction of sp³-hybridized carbons (Fsp3) is 0.613. The second kappa shape index (κ2) is 12.8. The molecule has 2 fully saturated rings. The molecule has 1 aliphatic carbocycles. The monoisotopic (exact) mass is 462 g/mol. The summed E-state index contributed by atoms with van der Waals surface area (Å²) in [6, 6.07) is 23.0. The third-order valence-corrected chi connectivity index (χ3v) is 12.3. The van der Waals surface area contributed by atoms with Crippen molar-refractivity contribution in [3.63, 3.8) is 0 Å². The average molecular weight is 463 g/mol. The third kappa shape index (κ3) is 6.98. The largest absolute Gasteiger partial charge is 0.494 e. The minimum Gasteiger partial charge on any atom is -0.494 e. The quantitative estimate of drug-likeness (QED) is 0.252. The van der Waals surface area contributed by atoms with E-state index in [4.69, 9.17) is 4.74 Å². The maximum Gasteiger partial charge on any atom is 0.119 e. The van der Waals surface area contributed by atoms with Crippen molar-refractivity contribution in [1.82, 2.24) is 0 Å². The van der Waals surface area contributed by atoms with Crippen LogP contribution in [-0.4, -0.2) is 15.4 Å². The molecule has 0 atom stereocenters. The molecule has 0 spiro atoms. The van der Waals surface area contributed by atoms with Crippen LogP contribution in [0.15, 0.2) is 48.5 Å². The summed E-state index contributed by atoms with van der Waals surface area (Å²) in [6.07, 6.45) is 13.9. The molecule has 33 heavy (non-hydrogen) atoms. The van der Waals surface area contributed by atoms with Crippen LogP contribution in [0.2, 0.25) is 18.1 Å². The maximum atomic E-state index is 5.87. The van der Waals surface area contributed by atoms with E-state index >= 15 is 0 Å². The summed E-state index contributed by atoms with van der Waals surface area (Å²) in [5.74, 6) is 3.86. The minimum atomic E-state index is -0.330. The van der Waals surface area contributed by atoms with Crippen molar-refractivity contribution in [1.29, 1.82) is 0 Å². The summed E-state index contributed by atoms with van der Waals surface area (Å²) < 4.78 is 5.87. The Morgan fingerprint density at radius 2 is 1.30 bits per heavy atom. The van der Waals surface area contributed by atoms with Gasteiger partial charge in [0.15, 0.2) is 0 Å². The molecule has 2 aliphatic rings. The first kappa shape index (κ1) is 24.6. The van der Waals surface area contributed by atoms with Gasteiger partial charge in [0.2, 0.25) is 0 Å². The average Bonchev–Trinajstić information content (AvgIpc) is 2.88. The summed E-state index contributed by atoms with van der Waals surface area (Å²) in [6.45, 7) is 5.44. The van der Waals surface area contributed by atoms with Crippen LogP contribution < -0.4 is 4.74 Å². The topological polar surface area (TPSA) is 9.23 Å². The molecule has 1 aliphatic heterocycles. The first-order valence-electron chi connectivity index (χ1n) is 14.1. The van der Waals surface area contributed by atoms with Gasteiger partial charge in [-0.15, -0.1) is 0 Å². The molecule has 4 rings (SSSR count). The van der Waals surface area contributed by atoms with E-state index in [0.717, 1.165) is 36.5 Å². The van der Waals surface area contributed by atoms with Crippen LogP contribution in [0.5, 0.6) is 5.75 Å². The number of benzene rings is 2.